The number of benzene rings is 1. The van der Waals surface area contributed by atoms with Crippen LogP contribution in [0, 0.1) is 0 Å². The topological polar surface area (TPSA) is 35.6 Å². The summed E-state index contributed by atoms with van der Waals surface area (Å²) >= 11 is 12.0. The highest BCUT2D eigenvalue weighted by molar-refractivity contribution is 6.42. The Hall–Kier alpha value is -0.810. The first kappa shape index (κ1) is 17.0. The van der Waals surface area contributed by atoms with Gasteiger partial charge in [0.15, 0.2) is 0 Å². The Morgan fingerprint density at radius 1 is 1.17 bits per heavy atom. The van der Waals surface area contributed by atoms with Gasteiger partial charge in [-0.25, -0.2) is 0 Å². The fourth-order valence-electron chi connectivity index (χ4n) is 3.39. The van der Waals surface area contributed by atoms with E-state index in [-0.39, 0.29) is 5.91 Å². The van der Waals surface area contributed by atoms with E-state index >= 15 is 0 Å². The lowest BCUT2D eigenvalue weighted by atomic mass is 10.1. The van der Waals surface area contributed by atoms with E-state index in [4.69, 9.17) is 23.2 Å². The summed E-state index contributed by atoms with van der Waals surface area (Å²) < 4.78 is 0. The summed E-state index contributed by atoms with van der Waals surface area (Å²) in [5.74, 6) is 0.163. The minimum absolute atomic E-state index is 0.163. The van der Waals surface area contributed by atoms with E-state index < -0.39 is 0 Å². The van der Waals surface area contributed by atoms with Crippen LogP contribution in [0.5, 0.6) is 0 Å². The summed E-state index contributed by atoms with van der Waals surface area (Å²) in [4.78, 5) is 17.0. The monoisotopic (exact) mass is 355 g/mol. The molecular formula is C17H23Cl2N3O. The molecule has 1 amide bonds. The molecule has 1 atom stereocenters. The van der Waals surface area contributed by atoms with Gasteiger partial charge in [0, 0.05) is 32.2 Å². The van der Waals surface area contributed by atoms with Crippen molar-refractivity contribution in [2.75, 3.05) is 39.3 Å². The molecule has 2 aliphatic heterocycles. The van der Waals surface area contributed by atoms with Crippen LogP contribution in [0.15, 0.2) is 18.2 Å². The molecule has 1 N–H and O–H groups in total. The lowest BCUT2D eigenvalue weighted by Crippen LogP contribution is -2.56. The quantitative estimate of drug-likeness (QED) is 0.900. The van der Waals surface area contributed by atoms with Crippen molar-refractivity contribution >= 4 is 29.1 Å². The number of piperazine rings is 1. The second-order valence-electron chi connectivity index (χ2n) is 6.42. The number of hydrogen-bond acceptors (Lipinski definition) is 3. The van der Waals surface area contributed by atoms with Gasteiger partial charge in [-0.1, -0.05) is 29.3 Å². The van der Waals surface area contributed by atoms with E-state index in [9.17, 15) is 4.79 Å². The van der Waals surface area contributed by atoms with Crippen molar-refractivity contribution in [3.8, 4) is 0 Å². The fourth-order valence-corrected chi connectivity index (χ4v) is 3.71. The van der Waals surface area contributed by atoms with Crippen LogP contribution in [0.4, 0.5) is 0 Å². The number of nitrogens with one attached hydrogen (secondary N) is 1. The van der Waals surface area contributed by atoms with Crippen molar-refractivity contribution in [2.45, 2.75) is 25.3 Å². The molecule has 2 fully saturated rings. The Balaban J connectivity index is 1.54. The second kappa shape index (κ2) is 7.84. The molecule has 126 valence electrons. The van der Waals surface area contributed by atoms with Crippen LogP contribution in [0.3, 0.4) is 0 Å². The molecular weight excluding hydrogens is 333 g/mol. The minimum Gasteiger partial charge on any atom is -0.340 e. The maximum absolute atomic E-state index is 12.6. The van der Waals surface area contributed by atoms with Crippen LogP contribution < -0.4 is 5.32 Å². The molecule has 0 saturated carbocycles. The number of nitrogens with zero attached hydrogens (tertiary/aromatic N) is 2. The van der Waals surface area contributed by atoms with Gasteiger partial charge in [0.25, 0.3) is 0 Å². The molecule has 23 heavy (non-hydrogen) atoms. The van der Waals surface area contributed by atoms with Crippen LogP contribution >= 0.6 is 23.2 Å². The maximum Gasteiger partial charge on any atom is 0.227 e. The molecule has 3 rings (SSSR count). The number of rotatable bonds is 4. The largest absolute Gasteiger partial charge is 0.340 e. The lowest BCUT2D eigenvalue weighted by molar-refractivity contribution is -0.131. The molecule has 4 nitrogen and oxygen atoms in total. The van der Waals surface area contributed by atoms with Crippen molar-refractivity contribution in [3.63, 3.8) is 0 Å². The first-order chi connectivity index (χ1) is 11.1. The molecule has 0 bridgehead atoms. The molecule has 1 aromatic rings. The van der Waals surface area contributed by atoms with Gasteiger partial charge in [-0.3, -0.25) is 4.79 Å². The Kier molecular flexibility index (Phi) is 5.81. The first-order valence-corrected chi connectivity index (χ1v) is 9.05. The molecule has 2 aliphatic rings. The molecule has 2 saturated heterocycles. The Bertz CT molecular complexity index is 561. The SMILES string of the molecule is O=C(Cc1ccc(Cl)c(Cl)c1)N1CCN[C@H](CN2CCCC2)C1. The van der Waals surface area contributed by atoms with E-state index in [1.54, 1.807) is 12.1 Å². The Morgan fingerprint density at radius 2 is 1.96 bits per heavy atom. The van der Waals surface area contributed by atoms with Gasteiger partial charge >= 0.3 is 0 Å². The van der Waals surface area contributed by atoms with Gasteiger partial charge in [-0.15, -0.1) is 0 Å². The molecule has 0 radical (unpaired) electrons. The Morgan fingerprint density at radius 3 is 2.70 bits per heavy atom. The minimum atomic E-state index is 0.163. The zero-order chi connectivity index (χ0) is 16.2. The zero-order valence-corrected chi connectivity index (χ0v) is 14.7. The molecule has 1 aromatic carbocycles. The number of hydrogen-bond donors (Lipinski definition) is 1. The second-order valence-corrected chi connectivity index (χ2v) is 7.24. The van der Waals surface area contributed by atoms with Gasteiger partial charge in [0.2, 0.25) is 5.91 Å². The van der Waals surface area contributed by atoms with Crippen molar-refractivity contribution < 1.29 is 4.79 Å². The fraction of sp³-hybridized carbons (Fsp3) is 0.588. The molecule has 2 heterocycles. The van der Waals surface area contributed by atoms with Gasteiger partial charge in [0.1, 0.15) is 0 Å². The summed E-state index contributed by atoms with van der Waals surface area (Å²) in [5.41, 5.74) is 0.916. The third-order valence-electron chi connectivity index (χ3n) is 4.62. The lowest BCUT2D eigenvalue weighted by Gasteiger charge is -2.35. The highest BCUT2D eigenvalue weighted by atomic mass is 35.5. The summed E-state index contributed by atoms with van der Waals surface area (Å²) in [6.07, 6.45) is 2.98. The van der Waals surface area contributed by atoms with Crippen molar-refractivity contribution in [2.24, 2.45) is 0 Å². The average Bonchev–Trinajstić information content (AvgIpc) is 3.04. The highest BCUT2D eigenvalue weighted by Crippen LogP contribution is 2.23. The molecule has 0 spiro atoms. The van der Waals surface area contributed by atoms with Crippen LogP contribution in [-0.4, -0.2) is 61.0 Å². The Labute approximate surface area is 147 Å². The van der Waals surface area contributed by atoms with Crippen LogP contribution in [0.2, 0.25) is 10.0 Å². The standard InChI is InChI=1S/C17H23Cl2N3O/c18-15-4-3-13(9-16(15)19)10-17(23)22-8-5-20-14(12-22)11-21-6-1-2-7-21/h3-4,9,14,20H,1-2,5-8,10-12H2/t14-/m1/s1. The van der Waals surface area contributed by atoms with E-state index in [0.717, 1.165) is 31.7 Å². The normalized spacial score (nSPS) is 22.5. The van der Waals surface area contributed by atoms with Gasteiger partial charge < -0.3 is 15.1 Å². The van der Waals surface area contributed by atoms with E-state index in [0.29, 0.717) is 22.5 Å². The van der Waals surface area contributed by atoms with E-state index in [2.05, 4.69) is 10.2 Å². The van der Waals surface area contributed by atoms with Crippen LogP contribution in [0.1, 0.15) is 18.4 Å². The van der Waals surface area contributed by atoms with Crippen LogP contribution in [0.25, 0.3) is 0 Å². The zero-order valence-electron chi connectivity index (χ0n) is 13.2. The molecule has 0 unspecified atom stereocenters. The number of carbonyl (C=O) groups excluding carboxylic acids is 1. The third-order valence-corrected chi connectivity index (χ3v) is 5.36. The van der Waals surface area contributed by atoms with Crippen molar-refractivity contribution in [1.82, 2.24) is 15.1 Å². The van der Waals surface area contributed by atoms with Crippen molar-refractivity contribution in [3.05, 3.63) is 33.8 Å². The predicted octanol–water partition coefficient (Wildman–Crippen LogP) is 2.43. The summed E-state index contributed by atoms with van der Waals surface area (Å²) in [5, 5.41) is 4.56. The van der Waals surface area contributed by atoms with Gasteiger partial charge in [-0.05, 0) is 43.6 Å². The third kappa shape index (κ3) is 4.60. The smallest absolute Gasteiger partial charge is 0.227 e. The number of halogens is 2. The average molecular weight is 356 g/mol. The van der Waals surface area contributed by atoms with Gasteiger partial charge in [0.05, 0.1) is 16.5 Å². The van der Waals surface area contributed by atoms with E-state index in [1.807, 2.05) is 11.0 Å². The molecule has 6 heteroatoms. The number of carbonyl (C=O) groups is 1. The maximum atomic E-state index is 12.6. The summed E-state index contributed by atoms with van der Waals surface area (Å²) in [6, 6.07) is 5.78. The highest BCUT2D eigenvalue weighted by Gasteiger charge is 2.25. The summed E-state index contributed by atoms with van der Waals surface area (Å²) in [7, 11) is 0. The van der Waals surface area contributed by atoms with E-state index in [1.165, 1.54) is 25.9 Å². The van der Waals surface area contributed by atoms with Gasteiger partial charge in [-0.2, -0.15) is 0 Å². The van der Waals surface area contributed by atoms with Crippen LogP contribution in [-0.2, 0) is 11.2 Å². The molecule has 0 aromatic heterocycles. The number of amides is 1. The first-order valence-electron chi connectivity index (χ1n) is 8.29. The van der Waals surface area contributed by atoms with Crippen molar-refractivity contribution in [1.29, 1.82) is 0 Å². The summed E-state index contributed by atoms with van der Waals surface area (Å²) in [6.45, 7) is 5.85. The molecule has 0 aliphatic carbocycles. The number of likely N-dealkylation sites (tertiary alicyclic amines) is 1. The predicted molar refractivity (Wildman–Crippen MR) is 94.2 cm³/mol.